The lowest BCUT2D eigenvalue weighted by molar-refractivity contribution is -0.138. The van der Waals surface area contributed by atoms with Crippen molar-refractivity contribution in [2.24, 2.45) is 0 Å². The largest absolute Gasteiger partial charge is 0.444 e. The third-order valence-electron chi connectivity index (χ3n) is 3.63. The van der Waals surface area contributed by atoms with Gasteiger partial charge in [0.1, 0.15) is 0 Å². The summed E-state index contributed by atoms with van der Waals surface area (Å²) < 4.78 is 6.32. The molecule has 6 nitrogen and oxygen atoms in total. The Bertz CT molecular complexity index is 922. The van der Waals surface area contributed by atoms with Gasteiger partial charge in [-0.2, -0.15) is 0 Å². The predicted molar refractivity (Wildman–Crippen MR) is 97.3 cm³/mol. The average Bonchev–Trinajstić information content (AvgIpc) is 2.98. The van der Waals surface area contributed by atoms with Crippen LogP contribution in [0.3, 0.4) is 0 Å². The van der Waals surface area contributed by atoms with Crippen molar-refractivity contribution in [2.45, 2.75) is 6.10 Å². The van der Waals surface area contributed by atoms with Crippen molar-refractivity contribution in [2.75, 3.05) is 19.8 Å². The van der Waals surface area contributed by atoms with E-state index in [2.05, 4.69) is 4.98 Å². The Morgan fingerprint density at radius 2 is 1.88 bits per heavy atom. The molecule has 1 heterocycles. The van der Waals surface area contributed by atoms with Crippen LogP contribution in [0.4, 0.5) is 5.13 Å². The number of hydrogen-bond donors (Lipinski definition) is 1. The van der Waals surface area contributed by atoms with Crippen molar-refractivity contribution >= 4 is 38.6 Å². The minimum Gasteiger partial charge on any atom is -0.444 e. The molecule has 2 aromatic carbocycles. The number of rotatable bonds is 4. The number of fused-ring (bicyclic) bond motifs is 1. The molecule has 1 unspecified atom stereocenters. The predicted octanol–water partition coefficient (Wildman–Crippen LogP) is 2.86. The van der Waals surface area contributed by atoms with E-state index in [-0.39, 0.29) is 5.91 Å². The average molecular weight is 355 g/mol. The van der Waals surface area contributed by atoms with Crippen molar-refractivity contribution in [1.82, 2.24) is 9.88 Å². The highest BCUT2D eigenvalue weighted by Crippen LogP contribution is 2.26. The molecular weight excluding hydrogens is 338 g/mol. The molecule has 1 atom stereocenters. The zero-order valence-electron chi connectivity index (χ0n) is 13.8. The molecule has 0 bridgehead atoms. The van der Waals surface area contributed by atoms with Gasteiger partial charge in [-0.15, -0.1) is 0 Å². The zero-order valence-corrected chi connectivity index (χ0v) is 14.6. The van der Waals surface area contributed by atoms with Crippen LogP contribution in [0.5, 0.6) is 0 Å². The van der Waals surface area contributed by atoms with Crippen molar-refractivity contribution in [3.05, 3.63) is 59.7 Å². The number of esters is 1. The zero-order chi connectivity index (χ0) is 18.0. The Morgan fingerprint density at radius 1 is 1.16 bits per heavy atom. The second-order valence-corrected chi connectivity index (χ2v) is 6.73. The van der Waals surface area contributed by atoms with Crippen LogP contribution in [0.2, 0.25) is 0 Å². The van der Waals surface area contributed by atoms with Crippen molar-refractivity contribution in [3.8, 4) is 0 Å². The molecule has 0 aliphatic rings. The van der Waals surface area contributed by atoms with Crippen LogP contribution in [0.15, 0.2) is 48.5 Å². The second-order valence-electron chi connectivity index (χ2n) is 5.66. The number of carbonyl (C=O) groups excluding carboxylic acids is 2. The fraction of sp³-hybridized carbons (Fsp3) is 0.167. The van der Waals surface area contributed by atoms with E-state index in [4.69, 9.17) is 10.5 Å². The lowest BCUT2D eigenvalue weighted by Gasteiger charge is -2.21. The Kier molecular flexibility index (Phi) is 4.67. The summed E-state index contributed by atoms with van der Waals surface area (Å²) in [7, 11) is 3.25. The summed E-state index contributed by atoms with van der Waals surface area (Å²) in [6.07, 6.45) is -0.995. The first-order valence-electron chi connectivity index (χ1n) is 7.59. The van der Waals surface area contributed by atoms with E-state index in [0.717, 1.165) is 10.2 Å². The summed E-state index contributed by atoms with van der Waals surface area (Å²) in [5, 5.41) is 0.436. The minimum atomic E-state index is -0.995. The van der Waals surface area contributed by atoms with E-state index in [9.17, 15) is 9.59 Å². The molecule has 0 spiro atoms. The summed E-state index contributed by atoms with van der Waals surface area (Å²) in [6, 6.07) is 13.9. The van der Waals surface area contributed by atoms with Crippen molar-refractivity contribution in [3.63, 3.8) is 0 Å². The number of hydrogen-bond acceptors (Lipinski definition) is 6. The van der Waals surface area contributed by atoms with Crippen molar-refractivity contribution < 1.29 is 14.3 Å². The Balaban J connectivity index is 1.89. The standard InChI is InChI=1S/C18H17N3O3S/c1-21(2)16(22)15(11-6-4-3-5-7-11)24-17(23)12-8-9-13-14(10-12)25-18(19)20-13/h3-10,15H,1-2H3,(H2,19,20). The lowest BCUT2D eigenvalue weighted by Crippen LogP contribution is -2.31. The molecule has 7 heteroatoms. The summed E-state index contributed by atoms with van der Waals surface area (Å²) in [4.78, 5) is 30.6. The van der Waals surface area contributed by atoms with Gasteiger partial charge in [0.25, 0.3) is 5.91 Å². The minimum absolute atomic E-state index is 0.303. The number of nitrogens with two attached hydrogens (primary N) is 1. The van der Waals surface area contributed by atoms with Crippen LogP contribution in [-0.2, 0) is 9.53 Å². The normalized spacial score (nSPS) is 11.9. The van der Waals surface area contributed by atoms with Gasteiger partial charge in [-0.1, -0.05) is 41.7 Å². The van der Waals surface area contributed by atoms with Gasteiger partial charge in [-0.05, 0) is 18.2 Å². The van der Waals surface area contributed by atoms with E-state index in [1.807, 2.05) is 6.07 Å². The molecule has 3 aromatic rings. The fourth-order valence-electron chi connectivity index (χ4n) is 2.37. The smallest absolute Gasteiger partial charge is 0.339 e. The number of likely N-dealkylation sites (N-methyl/N-ethyl adjacent to an activating group) is 1. The summed E-state index contributed by atoms with van der Waals surface area (Å²) in [5.74, 6) is -0.874. The second kappa shape index (κ2) is 6.90. The summed E-state index contributed by atoms with van der Waals surface area (Å²) in [6.45, 7) is 0. The number of anilines is 1. The summed E-state index contributed by atoms with van der Waals surface area (Å²) >= 11 is 1.29. The lowest BCUT2D eigenvalue weighted by atomic mass is 10.1. The number of nitrogens with zero attached hydrogens (tertiary/aromatic N) is 2. The van der Waals surface area contributed by atoms with E-state index in [0.29, 0.717) is 16.3 Å². The van der Waals surface area contributed by atoms with Gasteiger partial charge < -0.3 is 15.4 Å². The molecule has 0 saturated heterocycles. The molecule has 1 amide bonds. The highest BCUT2D eigenvalue weighted by molar-refractivity contribution is 7.22. The van der Waals surface area contributed by atoms with Gasteiger partial charge >= 0.3 is 5.97 Å². The van der Waals surface area contributed by atoms with Gasteiger partial charge in [0.2, 0.25) is 6.10 Å². The molecule has 0 aliphatic carbocycles. The van der Waals surface area contributed by atoms with E-state index in [1.54, 1.807) is 56.6 Å². The SMILES string of the molecule is CN(C)C(=O)C(OC(=O)c1ccc2nc(N)sc2c1)c1ccccc1. The summed E-state index contributed by atoms with van der Waals surface area (Å²) in [5.41, 5.74) is 7.39. The maximum absolute atomic E-state index is 12.6. The molecule has 0 saturated carbocycles. The molecule has 1 aromatic heterocycles. The van der Waals surface area contributed by atoms with Crippen LogP contribution < -0.4 is 5.73 Å². The van der Waals surface area contributed by atoms with E-state index in [1.165, 1.54) is 16.2 Å². The molecule has 2 N–H and O–H groups in total. The van der Waals surface area contributed by atoms with E-state index >= 15 is 0 Å². The van der Waals surface area contributed by atoms with Gasteiger partial charge in [0, 0.05) is 19.7 Å². The van der Waals surface area contributed by atoms with Crippen LogP contribution in [-0.4, -0.2) is 35.9 Å². The number of nitrogen functional groups attached to an aromatic ring is 1. The Morgan fingerprint density at radius 3 is 2.56 bits per heavy atom. The molecule has 25 heavy (non-hydrogen) atoms. The monoisotopic (exact) mass is 355 g/mol. The van der Waals surface area contributed by atoms with E-state index < -0.39 is 12.1 Å². The topological polar surface area (TPSA) is 85.5 Å². The Labute approximate surface area is 148 Å². The third kappa shape index (κ3) is 3.61. The van der Waals surface area contributed by atoms with Gasteiger partial charge in [-0.25, -0.2) is 9.78 Å². The molecule has 0 aliphatic heterocycles. The number of thiazole rings is 1. The number of benzene rings is 2. The van der Waals surface area contributed by atoms with Crippen molar-refractivity contribution in [1.29, 1.82) is 0 Å². The first-order chi connectivity index (χ1) is 12.0. The Hall–Kier alpha value is -2.93. The third-order valence-corrected chi connectivity index (χ3v) is 4.48. The number of amides is 1. The van der Waals surface area contributed by atoms with Gasteiger partial charge in [-0.3, -0.25) is 4.79 Å². The quantitative estimate of drug-likeness (QED) is 0.727. The number of ether oxygens (including phenoxy) is 1. The molecule has 0 radical (unpaired) electrons. The number of aromatic nitrogens is 1. The van der Waals surface area contributed by atoms with Gasteiger partial charge in [0.05, 0.1) is 15.8 Å². The number of carbonyl (C=O) groups is 2. The first-order valence-corrected chi connectivity index (χ1v) is 8.40. The van der Waals surface area contributed by atoms with Crippen LogP contribution >= 0.6 is 11.3 Å². The molecular formula is C18H17N3O3S. The molecule has 0 fully saturated rings. The molecule has 3 rings (SSSR count). The van der Waals surface area contributed by atoms with Crippen LogP contribution in [0.25, 0.3) is 10.2 Å². The highest BCUT2D eigenvalue weighted by atomic mass is 32.1. The van der Waals surface area contributed by atoms with Crippen LogP contribution in [0.1, 0.15) is 22.0 Å². The van der Waals surface area contributed by atoms with Gasteiger partial charge in [0.15, 0.2) is 5.13 Å². The fourth-order valence-corrected chi connectivity index (χ4v) is 3.14. The highest BCUT2D eigenvalue weighted by Gasteiger charge is 2.27. The van der Waals surface area contributed by atoms with Crippen LogP contribution in [0, 0.1) is 0 Å². The first kappa shape index (κ1) is 16.9. The maximum atomic E-state index is 12.6. The maximum Gasteiger partial charge on any atom is 0.339 e. The molecule has 128 valence electrons.